The molecular formula is C11H13N3O2. The van der Waals surface area contributed by atoms with E-state index < -0.39 is 0 Å². The number of benzene rings is 1. The van der Waals surface area contributed by atoms with Gasteiger partial charge in [-0.2, -0.15) is 0 Å². The molecule has 1 heterocycles. The Morgan fingerprint density at radius 3 is 3.19 bits per heavy atom. The first kappa shape index (κ1) is 10.4. The lowest BCUT2D eigenvalue weighted by Crippen LogP contribution is -2.25. The summed E-state index contributed by atoms with van der Waals surface area (Å²) in [6.07, 6.45) is 1.73. The minimum Gasteiger partial charge on any atom is -0.482 e. The molecule has 1 aromatic rings. The number of nitrogens with one attached hydrogen (secondary N) is 2. The molecule has 2 rings (SSSR count). The Kier molecular flexibility index (Phi) is 2.68. The molecule has 0 atom stereocenters. The van der Waals surface area contributed by atoms with Crippen molar-refractivity contribution in [2.24, 2.45) is 0 Å². The van der Waals surface area contributed by atoms with Gasteiger partial charge < -0.3 is 21.1 Å². The highest BCUT2D eigenvalue weighted by Gasteiger charge is 2.17. The van der Waals surface area contributed by atoms with E-state index in [4.69, 9.17) is 10.5 Å². The predicted molar refractivity (Wildman–Crippen MR) is 63.7 cm³/mol. The molecule has 1 aliphatic rings. The normalized spacial score (nSPS) is 13.4. The van der Waals surface area contributed by atoms with Gasteiger partial charge in [0.1, 0.15) is 5.75 Å². The van der Waals surface area contributed by atoms with Gasteiger partial charge in [-0.15, -0.1) is 6.58 Å². The zero-order chi connectivity index (χ0) is 11.5. The van der Waals surface area contributed by atoms with E-state index in [2.05, 4.69) is 17.2 Å². The number of nitrogen functional groups attached to an aromatic ring is 1. The maximum Gasteiger partial charge on any atom is 0.262 e. The van der Waals surface area contributed by atoms with E-state index in [9.17, 15) is 4.79 Å². The van der Waals surface area contributed by atoms with Gasteiger partial charge in [-0.3, -0.25) is 4.79 Å². The molecule has 0 unspecified atom stereocenters. The summed E-state index contributed by atoms with van der Waals surface area (Å²) in [5.74, 6) is 0.438. The Hall–Kier alpha value is -2.17. The zero-order valence-electron chi connectivity index (χ0n) is 8.75. The monoisotopic (exact) mass is 219 g/mol. The van der Waals surface area contributed by atoms with Crippen molar-refractivity contribution in [3.63, 3.8) is 0 Å². The van der Waals surface area contributed by atoms with Gasteiger partial charge in [0.25, 0.3) is 5.91 Å². The number of amides is 1. The number of ether oxygens (including phenoxy) is 1. The molecule has 0 bridgehead atoms. The third-order valence-corrected chi connectivity index (χ3v) is 2.22. The second kappa shape index (κ2) is 4.14. The van der Waals surface area contributed by atoms with Gasteiger partial charge in [0.15, 0.2) is 6.61 Å². The number of carbonyl (C=O) groups is 1. The standard InChI is InChI=1S/C11H13N3O2/c1-2-3-13-8-5-9-10(4-7(8)12)16-6-11(15)14-9/h2,4-5,13H,1,3,6,12H2,(H,14,15). The van der Waals surface area contributed by atoms with E-state index in [1.165, 1.54) is 0 Å². The molecule has 4 N–H and O–H groups in total. The van der Waals surface area contributed by atoms with E-state index in [1.807, 2.05) is 0 Å². The van der Waals surface area contributed by atoms with E-state index in [-0.39, 0.29) is 12.5 Å². The van der Waals surface area contributed by atoms with Crippen molar-refractivity contribution < 1.29 is 9.53 Å². The van der Waals surface area contributed by atoms with Crippen molar-refractivity contribution in [3.05, 3.63) is 24.8 Å². The smallest absolute Gasteiger partial charge is 0.262 e. The minimum atomic E-state index is -0.160. The summed E-state index contributed by atoms with van der Waals surface area (Å²) in [4.78, 5) is 11.1. The molecule has 5 nitrogen and oxygen atoms in total. The molecule has 0 fully saturated rings. The highest BCUT2D eigenvalue weighted by Crippen LogP contribution is 2.34. The fraction of sp³-hybridized carbons (Fsp3) is 0.182. The van der Waals surface area contributed by atoms with Gasteiger partial charge in [0.2, 0.25) is 0 Å². The first-order chi connectivity index (χ1) is 7.70. The van der Waals surface area contributed by atoms with Gasteiger partial charge in [0.05, 0.1) is 17.1 Å². The van der Waals surface area contributed by atoms with Crippen molar-refractivity contribution >= 4 is 23.0 Å². The lowest BCUT2D eigenvalue weighted by molar-refractivity contribution is -0.118. The average molecular weight is 219 g/mol. The number of hydrogen-bond donors (Lipinski definition) is 3. The van der Waals surface area contributed by atoms with Gasteiger partial charge >= 0.3 is 0 Å². The van der Waals surface area contributed by atoms with Crippen LogP contribution >= 0.6 is 0 Å². The third kappa shape index (κ3) is 1.93. The molecule has 0 aromatic heterocycles. The number of hydrogen-bond acceptors (Lipinski definition) is 4. The summed E-state index contributed by atoms with van der Waals surface area (Å²) in [5.41, 5.74) is 7.80. The van der Waals surface area contributed by atoms with Crippen molar-refractivity contribution in [1.29, 1.82) is 0 Å². The maximum atomic E-state index is 11.1. The largest absolute Gasteiger partial charge is 0.482 e. The highest BCUT2D eigenvalue weighted by molar-refractivity contribution is 5.97. The first-order valence-corrected chi connectivity index (χ1v) is 4.91. The van der Waals surface area contributed by atoms with Gasteiger partial charge in [-0.05, 0) is 6.07 Å². The zero-order valence-corrected chi connectivity index (χ0v) is 8.75. The number of nitrogens with two attached hydrogens (primary N) is 1. The van der Waals surface area contributed by atoms with Crippen LogP contribution in [0.15, 0.2) is 24.8 Å². The average Bonchev–Trinajstić information content (AvgIpc) is 2.27. The Morgan fingerprint density at radius 2 is 2.44 bits per heavy atom. The van der Waals surface area contributed by atoms with Crippen molar-refractivity contribution in [3.8, 4) is 5.75 Å². The molecule has 84 valence electrons. The van der Waals surface area contributed by atoms with E-state index >= 15 is 0 Å². The molecule has 16 heavy (non-hydrogen) atoms. The highest BCUT2D eigenvalue weighted by atomic mass is 16.5. The van der Waals surface area contributed by atoms with Crippen LogP contribution in [-0.2, 0) is 4.79 Å². The molecule has 1 amide bonds. The van der Waals surface area contributed by atoms with Crippen molar-refractivity contribution in [2.45, 2.75) is 0 Å². The van der Waals surface area contributed by atoms with Gasteiger partial charge in [0, 0.05) is 12.6 Å². The van der Waals surface area contributed by atoms with E-state index in [1.54, 1.807) is 18.2 Å². The second-order valence-electron chi connectivity index (χ2n) is 3.44. The molecule has 0 radical (unpaired) electrons. The molecular weight excluding hydrogens is 206 g/mol. The molecule has 1 aliphatic heterocycles. The number of carbonyl (C=O) groups excluding carboxylic acids is 1. The van der Waals surface area contributed by atoms with Crippen LogP contribution in [0, 0.1) is 0 Å². The third-order valence-electron chi connectivity index (χ3n) is 2.22. The fourth-order valence-electron chi connectivity index (χ4n) is 1.48. The van der Waals surface area contributed by atoms with Crippen LogP contribution in [-0.4, -0.2) is 19.1 Å². The second-order valence-corrected chi connectivity index (χ2v) is 3.44. The first-order valence-electron chi connectivity index (χ1n) is 4.91. The predicted octanol–water partition coefficient (Wildman–Crippen LogP) is 1.20. The molecule has 0 saturated carbocycles. The van der Waals surface area contributed by atoms with Crippen LogP contribution in [0.5, 0.6) is 5.75 Å². The molecule has 0 aliphatic carbocycles. The van der Waals surface area contributed by atoms with Gasteiger partial charge in [-0.1, -0.05) is 6.08 Å². The summed E-state index contributed by atoms with van der Waals surface area (Å²) in [7, 11) is 0. The lowest BCUT2D eigenvalue weighted by atomic mass is 10.2. The number of anilines is 3. The maximum absolute atomic E-state index is 11.1. The number of rotatable bonds is 3. The summed E-state index contributed by atoms with van der Waals surface area (Å²) in [5, 5.41) is 5.80. The fourth-order valence-corrected chi connectivity index (χ4v) is 1.48. The van der Waals surface area contributed by atoms with Crippen LogP contribution in [0.2, 0.25) is 0 Å². The molecule has 1 aromatic carbocycles. The summed E-state index contributed by atoms with van der Waals surface area (Å²) in [6, 6.07) is 3.45. The summed E-state index contributed by atoms with van der Waals surface area (Å²) in [6.45, 7) is 4.25. The van der Waals surface area contributed by atoms with Crippen LogP contribution in [0.3, 0.4) is 0 Å². The molecule has 0 saturated heterocycles. The Bertz CT molecular complexity index is 443. The minimum absolute atomic E-state index is 0.0336. The van der Waals surface area contributed by atoms with Crippen LogP contribution in [0.4, 0.5) is 17.1 Å². The SMILES string of the molecule is C=CCNc1cc2c(cc1N)OCC(=O)N2. The van der Waals surface area contributed by atoms with E-state index in [0.717, 1.165) is 5.69 Å². The Morgan fingerprint density at radius 1 is 1.62 bits per heavy atom. The van der Waals surface area contributed by atoms with Crippen molar-refractivity contribution in [2.75, 3.05) is 29.5 Å². The number of fused-ring (bicyclic) bond motifs is 1. The Balaban J connectivity index is 2.31. The Labute approximate surface area is 93.3 Å². The lowest BCUT2D eigenvalue weighted by Gasteiger charge is -2.20. The van der Waals surface area contributed by atoms with Crippen LogP contribution < -0.4 is 21.1 Å². The molecule has 5 heteroatoms. The topological polar surface area (TPSA) is 76.4 Å². The van der Waals surface area contributed by atoms with Crippen LogP contribution in [0.25, 0.3) is 0 Å². The van der Waals surface area contributed by atoms with Gasteiger partial charge in [-0.25, -0.2) is 0 Å². The van der Waals surface area contributed by atoms with Crippen molar-refractivity contribution in [1.82, 2.24) is 0 Å². The summed E-state index contributed by atoms with van der Waals surface area (Å²) < 4.78 is 5.24. The quantitative estimate of drug-likeness (QED) is 0.527. The summed E-state index contributed by atoms with van der Waals surface area (Å²) >= 11 is 0. The van der Waals surface area contributed by atoms with E-state index in [0.29, 0.717) is 23.7 Å². The molecule has 0 spiro atoms. The van der Waals surface area contributed by atoms with Crippen LogP contribution in [0.1, 0.15) is 0 Å².